The third kappa shape index (κ3) is 5.23. The standard InChI is InChI=1S/C7H7ClN2O.C7H13F/c1-4-5(2)10-7(8)6(3-11)9-4;8-6-7-4-2-1-3-5-7/h3H,1-2H3;7H,1-6H2. The molecule has 19 heavy (non-hydrogen) atoms. The summed E-state index contributed by atoms with van der Waals surface area (Å²) >= 11 is 5.60. The van der Waals surface area contributed by atoms with Crippen molar-refractivity contribution in [1.82, 2.24) is 9.97 Å². The van der Waals surface area contributed by atoms with Crippen LogP contribution in [0.3, 0.4) is 0 Å². The fourth-order valence-electron chi connectivity index (χ4n) is 2.01. The van der Waals surface area contributed by atoms with Crippen LogP contribution in [-0.4, -0.2) is 22.9 Å². The molecule has 3 nitrogen and oxygen atoms in total. The summed E-state index contributed by atoms with van der Waals surface area (Å²) in [6, 6.07) is 0. The molecule has 0 amide bonds. The quantitative estimate of drug-likeness (QED) is 0.769. The highest BCUT2D eigenvalue weighted by molar-refractivity contribution is 6.31. The molecule has 106 valence electrons. The van der Waals surface area contributed by atoms with Crippen molar-refractivity contribution in [2.45, 2.75) is 46.0 Å². The first kappa shape index (κ1) is 16.0. The van der Waals surface area contributed by atoms with Gasteiger partial charge < -0.3 is 0 Å². The Labute approximate surface area is 118 Å². The minimum atomic E-state index is -0.0833. The fraction of sp³-hybridized carbons (Fsp3) is 0.643. The molecule has 0 N–H and O–H groups in total. The van der Waals surface area contributed by atoms with Gasteiger partial charge in [0, 0.05) is 0 Å². The van der Waals surface area contributed by atoms with Crippen LogP contribution in [0.15, 0.2) is 0 Å². The first-order valence-electron chi connectivity index (χ1n) is 6.60. The average molecular weight is 287 g/mol. The summed E-state index contributed by atoms with van der Waals surface area (Å²) in [5, 5.41) is 0.170. The van der Waals surface area contributed by atoms with Gasteiger partial charge in [0.25, 0.3) is 0 Å². The molecule has 2 rings (SSSR count). The van der Waals surface area contributed by atoms with Gasteiger partial charge in [-0.2, -0.15) is 0 Å². The summed E-state index contributed by atoms with van der Waals surface area (Å²) in [5.74, 6) is 0.420. The maximum atomic E-state index is 11.9. The number of aryl methyl sites for hydroxylation is 2. The second-order valence-electron chi connectivity index (χ2n) is 4.85. The number of carbonyl (C=O) groups is 1. The lowest BCUT2D eigenvalue weighted by molar-refractivity contribution is 0.111. The Kier molecular flexibility index (Phi) is 6.92. The Morgan fingerprint density at radius 2 is 1.79 bits per heavy atom. The first-order valence-corrected chi connectivity index (χ1v) is 6.98. The number of hydrogen-bond donors (Lipinski definition) is 0. The Bertz CT molecular complexity index is 420. The van der Waals surface area contributed by atoms with Crippen molar-refractivity contribution in [2.24, 2.45) is 5.92 Å². The van der Waals surface area contributed by atoms with Gasteiger partial charge in [-0.05, 0) is 32.6 Å². The summed E-state index contributed by atoms with van der Waals surface area (Å²) in [5.41, 5.74) is 1.69. The normalized spacial score (nSPS) is 15.6. The highest BCUT2D eigenvalue weighted by Crippen LogP contribution is 2.23. The monoisotopic (exact) mass is 286 g/mol. The van der Waals surface area contributed by atoms with E-state index in [0.717, 1.165) is 24.2 Å². The second-order valence-corrected chi connectivity index (χ2v) is 5.20. The van der Waals surface area contributed by atoms with E-state index in [-0.39, 0.29) is 17.5 Å². The van der Waals surface area contributed by atoms with Crippen LogP contribution in [0.2, 0.25) is 5.15 Å². The number of hydrogen-bond acceptors (Lipinski definition) is 3. The lowest BCUT2D eigenvalue weighted by Crippen LogP contribution is -2.07. The summed E-state index contributed by atoms with van der Waals surface area (Å²) in [6.07, 6.45) is 6.72. The van der Waals surface area contributed by atoms with Gasteiger partial charge in [0.15, 0.2) is 11.4 Å². The third-order valence-corrected chi connectivity index (χ3v) is 3.62. The number of aldehydes is 1. The largest absolute Gasteiger partial charge is 0.296 e. The first-order chi connectivity index (χ1) is 9.08. The van der Waals surface area contributed by atoms with Crippen LogP contribution < -0.4 is 0 Å². The summed E-state index contributed by atoms with van der Waals surface area (Å²) < 4.78 is 11.9. The minimum Gasteiger partial charge on any atom is -0.296 e. The zero-order chi connectivity index (χ0) is 14.3. The van der Waals surface area contributed by atoms with E-state index >= 15 is 0 Å². The molecule has 5 heteroatoms. The van der Waals surface area contributed by atoms with Gasteiger partial charge in [-0.3, -0.25) is 9.18 Å². The molecule has 0 aromatic carbocycles. The lowest BCUT2D eigenvalue weighted by atomic mass is 9.90. The van der Waals surface area contributed by atoms with Crippen molar-refractivity contribution in [1.29, 1.82) is 0 Å². The van der Waals surface area contributed by atoms with E-state index in [1.165, 1.54) is 19.3 Å². The Hall–Kier alpha value is -1.03. The molecule has 1 aliphatic rings. The number of aromatic nitrogens is 2. The molecule has 0 saturated heterocycles. The van der Waals surface area contributed by atoms with Crippen molar-refractivity contribution in [3.05, 3.63) is 22.2 Å². The molecule has 1 heterocycles. The van der Waals surface area contributed by atoms with E-state index in [1.807, 2.05) is 0 Å². The summed E-state index contributed by atoms with van der Waals surface area (Å²) in [4.78, 5) is 18.1. The molecule has 1 aromatic heterocycles. The van der Waals surface area contributed by atoms with Crippen LogP contribution in [0.5, 0.6) is 0 Å². The maximum Gasteiger partial charge on any atom is 0.171 e. The molecule has 0 aliphatic heterocycles. The number of carbonyl (C=O) groups excluding carboxylic acids is 1. The molecular formula is C14H20ClFN2O. The van der Waals surface area contributed by atoms with E-state index in [9.17, 15) is 9.18 Å². The van der Waals surface area contributed by atoms with Crippen LogP contribution in [-0.2, 0) is 0 Å². The predicted octanol–water partition coefficient (Wildman–Crippen LogP) is 4.10. The molecule has 0 unspecified atom stereocenters. The predicted molar refractivity (Wildman–Crippen MR) is 74.5 cm³/mol. The Balaban J connectivity index is 0.000000200. The highest BCUT2D eigenvalue weighted by Gasteiger charge is 2.11. The van der Waals surface area contributed by atoms with Crippen LogP contribution in [0.4, 0.5) is 4.39 Å². The van der Waals surface area contributed by atoms with Gasteiger partial charge in [0.2, 0.25) is 0 Å². The number of alkyl halides is 1. The van der Waals surface area contributed by atoms with Gasteiger partial charge in [-0.15, -0.1) is 0 Å². The van der Waals surface area contributed by atoms with E-state index < -0.39 is 0 Å². The third-order valence-electron chi connectivity index (χ3n) is 3.34. The molecule has 0 radical (unpaired) electrons. The maximum absolute atomic E-state index is 11.9. The van der Waals surface area contributed by atoms with E-state index in [2.05, 4.69) is 9.97 Å². The molecule has 1 aliphatic carbocycles. The molecule has 1 saturated carbocycles. The van der Waals surface area contributed by atoms with Crippen molar-refractivity contribution in [3.63, 3.8) is 0 Å². The Morgan fingerprint density at radius 1 is 1.21 bits per heavy atom. The molecule has 1 aromatic rings. The van der Waals surface area contributed by atoms with Crippen molar-refractivity contribution >= 4 is 17.9 Å². The van der Waals surface area contributed by atoms with Crippen LogP contribution in [0, 0.1) is 19.8 Å². The summed E-state index contributed by atoms with van der Waals surface area (Å²) in [6.45, 7) is 3.49. The minimum absolute atomic E-state index is 0.0833. The molecular weight excluding hydrogens is 267 g/mol. The van der Waals surface area contributed by atoms with Gasteiger partial charge in [-0.25, -0.2) is 9.97 Å². The average Bonchev–Trinajstić information content (AvgIpc) is 2.44. The highest BCUT2D eigenvalue weighted by atomic mass is 35.5. The number of nitrogens with zero attached hydrogens (tertiary/aromatic N) is 2. The van der Waals surface area contributed by atoms with Gasteiger partial charge in [0.05, 0.1) is 18.1 Å². The lowest BCUT2D eigenvalue weighted by Gasteiger charge is -2.17. The summed E-state index contributed by atoms with van der Waals surface area (Å²) in [7, 11) is 0. The van der Waals surface area contributed by atoms with Crippen molar-refractivity contribution < 1.29 is 9.18 Å². The second kappa shape index (κ2) is 8.20. The van der Waals surface area contributed by atoms with Crippen LogP contribution in [0.25, 0.3) is 0 Å². The van der Waals surface area contributed by atoms with Gasteiger partial charge in [0.1, 0.15) is 5.69 Å². The molecule has 1 fully saturated rings. The van der Waals surface area contributed by atoms with E-state index in [0.29, 0.717) is 12.2 Å². The van der Waals surface area contributed by atoms with E-state index in [4.69, 9.17) is 11.6 Å². The SMILES string of the molecule is Cc1nc(Cl)c(C=O)nc1C.FCC1CCCCC1. The van der Waals surface area contributed by atoms with Crippen molar-refractivity contribution in [2.75, 3.05) is 6.67 Å². The molecule has 0 spiro atoms. The van der Waals surface area contributed by atoms with Crippen LogP contribution >= 0.6 is 11.6 Å². The van der Waals surface area contributed by atoms with Gasteiger partial charge in [-0.1, -0.05) is 30.9 Å². The molecule has 0 atom stereocenters. The topological polar surface area (TPSA) is 42.9 Å². The van der Waals surface area contributed by atoms with Crippen LogP contribution in [0.1, 0.15) is 54.0 Å². The van der Waals surface area contributed by atoms with Crippen molar-refractivity contribution in [3.8, 4) is 0 Å². The Morgan fingerprint density at radius 3 is 2.26 bits per heavy atom. The number of rotatable bonds is 2. The number of halogens is 2. The molecule has 0 bridgehead atoms. The zero-order valence-corrected chi connectivity index (χ0v) is 12.2. The smallest absolute Gasteiger partial charge is 0.171 e. The van der Waals surface area contributed by atoms with E-state index in [1.54, 1.807) is 13.8 Å². The van der Waals surface area contributed by atoms with Gasteiger partial charge >= 0.3 is 0 Å². The zero-order valence-electron chi connectivity index (χ0n) is 11.5. The fourth-order valence-corrected chi connectivity index (χ4v) is 2.22.